The Hall–Kier alpha value is -2.03. The molecule has 0 fully saturated rings. The first kappa shape index (κ1) is 20.0. The number of aliphatic carboxylic acids is 1. The highest BCUT2D eigenvalue weighted by Gasteiger charge is 2.19. The molecule has 0 bridgehead atoms. The summed E-state index contributed by atoms with van der Waals surface area (Å²) >= 11 is 0. The molecular formula is C16H27N3O3. The predicted molar refractivity (Wildman–Crippen MR) is 84.9 cm³/mol. The van der Waals surface area contributed by atoms with Gasteiger partial charge in [0, 0.05) is 31.2 Å². The van der Waals surface area contributed by atoms with Crippen LogP contribution < -0.4 is 5.32 Å². The zero-order valence-electron chi connectivity index (χ0n) is 14.0. The van der Waals surface area contributed by atoms with Crippen LogP contribution >= 0.6 is 0 Å². The number of nitrogens with one attached hydrogen (secondary N) is 1. The molecule has 0 unspecified atom stereocenters. The maximum absolute atomic E-state index is 12.0. The van der Waals surface area contributed by atoms with E-state index in [0.29, 0.717) is 25.9 Å². The molecule has 0 aromatic carbocycles. The molecule has 0 spiro atoms. The number of unbranched alkanes of at least 4 members (excludes halogenated alkanes) is 2. The highest BCUT2D eigenvalue weighted by atomic mass is 16.4. The third-order valence-corrected chi connectivity index (χ3v) is 3.21. The van der Waals surface area contributed by atoms with Gasteiger partial charge in [-0.15, -0.1) is 0 Å². The van der Waals surface area contributed by atoms with Crippen molar-refractivity contribution < 1.29 is 14.7 Å². The highest BCUT2D eigenvalue weighted by molar-refractivity contribution is 5.97. The number of hydrogen-bond acceptors (Lipinski definition) is 4. The fourth-order valence-corrected chi connectivity index (χ4v) is 1.93. The SMILES string of the molecule is CCN(/C=C(/C#N)C(=O)NCCCCCC(=O)O)C(C)(C)C. The minimum absolute atomic E-state index is 0.0855. The van der Waals surface area contributed by atoms with Crippen molar-refractivity contribution in [3.05, 3.63) is 11.8 Å². The summed E-state index contributed by atoms with van der Waals surface area (Å²) in [6, 6.07) is 1.94. The maximum Gasteiger partial charge on any atom is 0.303 e. The lowest BCUT2D eigenvalue weighted by atomic mass is 10.1. The summed E-state index contributed by atoms with van der Waals surface area (Å²) in [7, 11) is 0. The van der Waals surface area contributed by atoms with Gasteiger partial charge in [-0.1, -0.05) is 6.42 Å². The van der Waals surface area contributed by atoms with E-state index in [0.717, 1.165) is 6.42 Å². The van der Waals surface area contributed by atoms with Gasteiger partial charge in [-0.2, -0.15) is 5.26 Å². The molecule has 124 valence electrons. The van der Waals surface area contributed by atoms with Crippen LogP contribution in [-0.4, -0.2) is 40.5 Å². The van der Waals surface area contributed by atoms with E-state index >= 15 is 0 Å². The second kappa shape index (κ2) is 9.82. The van der Waals surface area contributed by atoms with Crippen molar-refractivity contribution >= 4 is 11.9 Å². The normalized spacial score (nSPS) is 11.7. The van der Waals surface area contributed by atoms with Crippen LogP contribution in [-0.2, 0) is 9.59 Å². The van der Waals surface area contributed by atoms with Crippen molar-refractivity contribution in [2.45, 2.75) is 58.9 Å². The van der Waals surface area contributed by atoms with Crippen LogP contribution in [0.25, 0.3) is 0 Å². The molecule has 2 N–H and O–H groups in total. The van der Waals surface area contributed by atoms with Gasteiger partial charge in [0.1, 0.15) is 11.6 Å². The molecule has 1 amide bonds. The highest BCUT2D eigenvalue weighted by Crippen LogP contribution is 2.14. The van der Waals surface area contributed by atoms with Crippen molar-refractivity contribution in [2.75, 3.05) is 13.1 Å². The van der Waals surface area contributed by atoms with Crippen LogP contribution in [0.1, 0.15) is 53.4 Å². The van der Waals surface area contributed by atoms with E-state index in [-0.39, 0.29) is 23.4 Å². The van der Waals surface area contributed by atoms with Gasteiger partial charge in [0.05, 0.1) is 0 Å². The number of carbonyl (C=O) groups is 2. The average Bonchev–Trinajstić information content (AvgIpc) is 2.41. The van der Waals surface area contributed by atoms with Crippen molar-refractivity contribution in [3.8, 4) is 6.07 Å². The molecule has 22 heavy (non-hydrogen) atoms. The molecule has 0 aromatic rings. The Bertz CT molecular complexity index is 445. The number of carboxylic acid groups (broad SMARTS) is 1. The Morgan fingerprint density at radius 3 is 2.36 bits per heavy atom. The molecule has 0 aromatic heterocycles. The molecule has 0 saturated carbocycles. The van der Waals surface area contributed by atoms with Crippen LogP contribution in [0.4, 0.5) is 0 Å². The van der Waals surface area contributed by atoms with Crippen LogP contribution in [0, 0.1) is 11.3 Å². The number of carboxylic acids is 1. The van der Waals surface area contributed by atoms with E-state index in [1.165, 1.54) is 0 Å². The summed E-state index contributed by atoms with van der Waals surface area (Å²) in [5, 5.41) is 20.4. The number of nitriles is 1. The number of hydrogen-bond donors (Lipinski definition) is 2. The van der Waals surface area contributed by atoms with Gasteiger partial charge < -0.3 is 15.3 Å². The minimum atomic E-state index is -0.805. The van der Waals surface area contributed by atoms with Gasteiger partial charge in [0.25, 0.3) is 5.91 Å². The molecule has 0 aliphatic rings. The summed E-state index contributed by atoms with van der Waals surface area (Å²) in [6.07, 6.45) is 3.78. The second-order valence-corrected chi connectivity index (χ2v) is 6.07. The molecule has 6 heteroatoms. The number of nitrogens with zero attached hydrogens (tertiary/aromatic N) is 2. The van der Waals surface area contributed by atoms with Gasteiger partial charge in [0.2, 0.25) is 0 Å². The first-order valence-corrected chi connectivity index (χ1v) is 7.61. The first-order valence-electron chi connectivity index (χ1n) is 7.61. The molecule has 0 saturated heterocycles. The Balaban J connectivity index is 4.37. The number of amides is 1. The zero-order chi connectivity index (χ0) is 17.2. The second-order valence-electron chi connectivity index (χ2n) is 6.07. The van der Waals surface area contributed by atoms with Gasteiger partial charge in [-0.05, 0) is 40.5 Å². The quantitative estimate of drug-likeness (QED) is 0.387. The van der Waals surface area contributed by atoms with Gasteiger partial charge >= 0.3 is 5.97 Å². The first-order chi connectivity index (χ1) is 10.2. The van der Waals surface area contributed by atoms with E-state index in [2.05, 4.69) is 5.32 Å². The largest absolute Gasteiger partial charge is 0.481 e. The topological polar surface area (TPSA) is 93.4 Å². The third-order valence-electron chi connectivity index (χ3n) is 3.21. The molecular weight excluding hydrogens is 282 g/mol. The van der Waals surface area contributed by atoms with Gasteiger partial charge in [0.15, 0.2) is 0 Å². The molecule has 0 aliphatic carbocycles. The summed E-state index contributed by atoms with van der Waals surface area (Å²) < 4.78 is 0. The molecule has 0 heterocycles. The zero-order valence-corrected chi connectivity index (χ0v) is 14.0. The lowest BCUT2D eigenvalue weighted by molar-refractivity contribution is -0.137. The monoisotopic (exact) mass is 309 g/mol. The fraction of sp³-hybridized carbons (Fsp3) is 0.688. The van der Waals surface area contributed by atoms with Crippen LogP contribution in [0.2, 0.25) is 0 Å². The van der Waals surface area contributed by atoms with Crippen molar-refractivity contribution in [1.82, 2.24) is 10.2 Å². The molecule has 6 nitrogen and oxygen atoms in total. The molecule has 0 atom stereocenters. The average molecular weight is 309 g/mol. The number of rotatable bonds is 9. The lowest BCUT2D eigenvalue weighted by Crippen LogP contribution is -2.38. The summed E-state index contributed by atoms with van der Waals surface area (Å²) in [5.41, 5.74) is -0.0733. The minimum Gasteiger partial charge on any atom is -0.481 e. The summed E-state index contributed by atoms with van der Waals surface area (Å²) in [5.74, 6) is -1.19. The molecule has 0 rings (SSSR count). The standard InChI is InChI=1S/C16H27N3O3/c1-5-19(16(2,3)4)12-13(11-17)15(22)18-10-8-6-7-9-14(20)21/h12H,5-10H2,1-4H3,(H,18,22)(H,20,21)/b13-12-. The Morgan fingerprint density at radius 2 is 1.91 bits per heavy atom. The molecule has 0 aliphatic heterocycles. The van der Waals surface area contributed by atoms with E-state index in [4.69, 9.17) is 10.4 Å². The summed E-state index contributed by atoms with van der Waals surface area (Å²) in [6.45, 7) is 9.17. The van der Waals surface area contributed by atoms with Gasteiger partial charge in [-0.25, -0.2) is 0 Å². The van der Waals surface area contributed by atoms with E-state index in [9.17, 15) is 9.59 Å². The molecule has 0 radical (unpaired) electrons. The Morgan fingerprint density at radius 1 is 1.27 bits per heavy atom. The maximum atomic E-state index is 12.0. The van der Waals surface area contributed by atoms with Crippen molar-refractivity contribution in [3.63, 3.8) is 0 Å². The van der Waals surface area contributed by atoms with E-state index in [1.807, 2.05) is 38.7 Å². The lowest BCUT2D eigenvalue weighted by Gasteiger charge is -2.33. The summed E-state index contributed by atoms with van der Waals surface area (Å²) in [4.78, 5) is 24.3. The predicted octanol–water partition coefficient (Wildman–Crippen LogP) is 2.28. The van der Waals surface area contributed by atoms with E-state index in [1.54, 1.807) is 6.20 Å². The van der Waals surface area contributed by atoms with Crippen LogP contribution in [0.3, 0.4) is 0 Å². The Labute approximate surface area is 132 Å². The fourth-order valence-electron chi connectivity index (χ4n) is 1.93. The van der Waals surface area contributed by atoms with Crippen molar-refractivity contribution in [2.24, 2.45) is 0 Å². The van der Waals surface area contributed by atoms with E-state index < -0.39 is 5.97 Å². The Kier molecular flexibility index (Phi) is 8.92. The van der Waals surface area contributed by atoms with Crippen molar-refractivity contribution in [1.29, 1.82) is 5.26 Å². The van der Waals surface area contributed by atoms with Gasteiger partial charge in [-0.3, -0.25) is 9.59 Å². The van der Waals surface area contributed by atoms with Crippen LogP contribution in [0.15, 0.2) is 11.8 Å². The third kappa shape index (κ3) is 8.30. The smallest absolute Gasteiger partial charge is 0.303 e. The number of carbonyl (C=O) groups excluding carboxylic acids is 1. The van der Waals surface area contributed by atoms with Crippen LogP contribution in [0.5, 0.6) is 0 Å².